The van der Waals surface area contributed by atoms with Crippen LogP contribution in [0.5, 0.6) is 11.5 Å². The fraction of sp³-hybridized carbons (Fsp3) is 0.682. The van der Waals surface area contributed by atoms with Gasteiger partial charge in [-0.05, 0) is 31.5 Å². The van der Waals surface area contributed by atoms with Gasteiger partial charge < -0.3 is 24.8 Å². The summed E-state index contributed by atoms with van der Waals surface area (Å²) in [4.78, 5) is 6.88. The van der Waals surface area contributed by atoms with Gasteiger partial charge in [-0.25, -0.2) is 0 Å². The van der Waals surface area contributed by atoms with Gasteiger partial charge in [0.1, 0.15) is 13.2 Å². The van der Waals surface area contributed by atoms with Crippen molar-refractivity contribution in [3.05, 3.63) is 23.8 Å². The van der Waals surface area contributed by atoms with E-state index in [1.807, 2.05) is 13.1 Å². The molecule has 3 rings (SSSR count). The van der Waals surface area contributed by atoms with E-state index in [1.54, 1.807) is 0 Å². The lowest BCUT2D eigenvalue weighted by Crippen LogP contribution is -2.57. The zero-order valence-corrected chi connectivity index (χ0v) is 21.2. The first-order valence-corrected chi connectivity index (χ1v) is 10.5. The number of hydrogen-bond acceptors (Lipinski definition) is 5. The van der Waals surface area contributed by atoms with Gasteiger partial charge in [-0.2, -0.15) is 0 Å². The van der Waals surface area contributed by atoms with Gasteiger partial charge >= 0.3 is 0 Å². The molecule has 0 atom stereocenters. The fourth-order valence-corrected chi connectivity index (χ4v) is 3.67. The fourth-order valence-electron chi connectivity index (χ4n) is 3.67. The van der Waals surface area contributed by atoms with E-state index in [9.17, 15) is 0 Å². The van der Waals surface area contributed by atoms with Crippen molar-refractivity contribution in [1.29, 1.82) is 0 Å². The Labute approximate surface area is 197 Å². The lowest BCUT2D eigenvalue weighted by Gasteiger charge is -2.41. The second-order valence-electron chi connectivity index (χ2n) is 8.93. The highest BCUT2D eigenvalue weighted by atomic mass is 127. The van der Waals surface area contributed by atoms with Gasteiger partial charge in [0.15, 0.2) is 17.5 Å². The molecule has 2 N–H and O–H groups in total. The van der Waals surface area contributed by atoms with Crippen LogP contribution in [0.4, 0.5) is 0 Å². The summed E-state index contributed by atoms with van der Waals surface area (Å²) in [5.41, 5.74) is 1.15. The molecule has 1 aromatic carbocycles. The molecule has 170 valence electrons. The molecule has 0 aliphatic carbocycles. The minimum Gasteiger partial charge on any atom is -0.486 e. The monoisotopic (exact) mass is 532 g/mol. The Morgan fingerprint density at radius 1 is 0.967 bits per heavy atom. The topological polar surface area (TPSA) is 67.4 Å². The molecule has 0 spiro atoms. The van der Waals surface area contributed by atoms with E-state index in [-0.39, 0.29) is 34.9 Å². The maximum atomic E-state index is 5.74. The van der Waals surface area contributed by atoms with Crippen molar-refractivity contribution >= 4 is 29.9 Å². The molecule has 0 bridgehead atoms. The van der Waals surface area contributed by atoms with Crippen LogP contribution in [0.2, 0.25) is 0 Å². The van der Waals surface area contributed by atoms with Gasteiger partial charge in [-0.3, -0.25) is 9.89 Å². The molecule has 2 aliphatic heterocycles. The number of hydrogen-bond donors (Lipinski definition) is 2. The van der Waals surface area contributed by atoms with Gasteiger partial charge in [-0.15, -0.1) is 24.0 Å². The van der Waals surface area contributed by atoms with Crippen LogP contribution in [0.25, 0.3) is 0 Å². The van der Waals surface area contributed by atoms with E-state index >= 15 is 0 Å². The largest absolute Gasteiger partial charge is 0.486 e. The Kier molecular flexibility index (Phi) is 9.05. The molecule has 2 aliphatic rings. The Bertz CT molecular complexity index is 718. The second kappa shape index (κ2) is 10.9. The van der Waals surface area contributed by atoms with Crippen LogP contribution in [-0.2, 0) is 10.2 Å². The predicted octanol–water partition coefficient (Wildman–Crippen LogP) is 2.63. The Morgan fingerprint density at radius 3 is 2.27 bits per heavy atom. The molecule has 8 heteroatoms. The highest BCUT2D eigenvalue weighted by Crippen LogP contribution is 2.34. The zero-order chi connectivity index (χ0) is 20.9. The van der Waals surface area contributed by atoms with Crippen molar-refractivity contribution in [2.45, 2.75) is 38.6 Å². The van der Waals surface area contributed by atoms with Crippen LogP contribution in [0.15, 0.2) is 23.2 Å². The van der Waals surface area contributed by atoms with Gasteiger partial charge in [0.2, 0.25) is 0 Å². The first kappa shape index (κ1) is 25.0. The van der Waals surface area contributed by atoms with Crippen molar-refractivity contribution in [1.82, 2.24) is 15.5 Å². The Balaban J connectivity index is 0.00000320. The van der Waals surface area contributed by atoms with Crippen LogP contribution >= 0.6 is 24.0 Å². The summed E-state index contributed by atoms with van der Waals surface area (Å²) in [5.74, 6) is 2.47. The standard InChI is InChI=1S/C22H36N4O3.HI/c1-21(2,17-6-7-18-19(14-17)29-13-12-28-18)15-24-20(23-5)25-16-22(3,4)26-8-10-27-11-9-26;/h6-7,14H,8-13,15-16H2,1-5H3,(H2,23,24,25);1H. The van der Waals surface area contributed by atoms with E-state index in [1.165, 1.54) is 5.56 Å². The highest BCUT2D eigenvalue weighted by molar-refractivity contribution is 14.0. The average Bonchev–Trinajstić information content (AvgIpc) is 2.74. The summed E-state index contributed by atoms with van der Waals surface area (Å²) in [6.07, 6.45) is 0. The molecule has 1 saturated heterocycles. The zero-order valence-electron chi connectivity index (χ0n) is 18.9. The summed E-state index contributed by atoms with van der Waals surface area (Å²) in [5, 5.41) is 6.98. The van der Waals surface area contributed by atoms with Gasteiger partial charge in [0, 0.05) is 44.2 Å². The first-order valence-electron chi connectivity index (χ1n) is 10.5. The smallest absolute Gasteiger partial charge is 0.191 e. The summed E-state index contributed by atoms with van der Waals surface area (Å²) in [6, 6.07) is 6.21. The van der Waals surface area contributed by atoms with E-state index in [4.69, 9.17) is 14.2 Å². The number of rotatable bonds is 6. The number of morpholine rings is 1. The molecular weight excluding hydrogens is 495 g/mol. The van der Waals surface area contributed by atoms with E-state index in [0.717, 1.165) is 56.9 Å². The number of nitrogens with one attached hydrogen (secondary N) is 2. The number of aliphatic imine (C=N–C) groups is 1. The van der Waals surface area contributed by atoms with Crippen LogP contribution in [0, 0.1) is 0 Å². The maximum absolute atomic E-state index is 5.74. The number of ether oxygens (including phenoxy) is 3. The minimum atomic E-state index is -0.0901. The molecule has 1 aromatic rings. The van der Waals surface area contributed by atoms with Crippen molar-refractivity contribution in [2.75, 3.05) is 59.7 Å². The normalized spacial score (nSPS) is 17.8. The number of benzene rings is 1. The lowest BCUT2D eigenvalue weighted by atomic mass is 9.84. The summed E-state index contributed by atoms with van der Waals surface area (Å²) >= 11 is 0. The van der Waals surface area contributed by atoms with Crippen molar-refractivity contribution in [3.8, 4) is 11.5 Å². The van der Waals surface area contributed by atoms with Crippen molar-refractivity contribution in [3.63, 3.8) is 0 Å². The predicted molar refractivity (Wildman–Crippen MR) is 132 cm³/mol. The van der Waals surface area contributed by atoms with Crippen LogP contribution in [0.1, 0.15) is 33.3 Å². The molecule has 30 heavy (non-hydrogen) atoms. The van der Waals surface area contributed by atoms with Crippen LogP contribution in [-0.4, -0.2) is 76.1 Å². The van der Waals surface area contributed by atoms with Crippen LogP contribution < -0.4 is 20.1 Å². The average molecular weight is 532 g/mol. The third-order valence-electron chi connectivity index (χ3n) is 5.80. The number of fused-ring (bicyclic) bond motifs is 1. The van der Waals surface area contributed by atoms with E-state index < -0.39 is 0 Å². The van der Waals surface area contributed by atoms with Gasteiger partial charge in [0.05, 0.1) is 13.2 Å². The third kappa shape index (κ3) is 6.37. The summed E-state index contributed by atoms with van der Waals surface area (Å²) < 4.78 is 16.9. The molecule has 0 saturated carbocycles. The van der Waals surface area contributed by atoms with Crippen LogP contribution in [0.3, 0.4) is 0 Å². The lowest BCUT2D eigenvalue weighted by molar-refractivity contribution is -0.00834. The third-order valence-corrected chi connectivity index (χ3v) is 5.80. The van der Waals surface area contributed by atoms with Gasteiger partial charge in [0.25, 0.3) is 0 Å². The molecule has 2 heterocycles. The molecule has 7 nitrogen and oxygen atoms in total. The van der Waals surface area contributed by atoms with Crippen molar-refractivity contribution < 1.29 is 14.2 Å². The SMILES string of the molecule is CN=C(NCC(C)(C)c1ccc2c(c1)OCCO2)NCC(C)(C)N1CCOCC1.I. The Hall–Kier alpha value is -1.26. The second-order valence-corrected chi connectivity index (χ2v) is 8.93. The molecular formula is C22H37IN4O3. The molecule has 0 amide bonds. The number of halogens is 1. The maximum Gasteiger partial charge on any atom is 0.191 e. The molecule has 0 radical (unpaired) electrons. The Morgan fingerprint density at radius 2 is 1.60 bits per heavy atom. The summed E-state index contributed by atoms with van der Waals surface area (Å²) in [6.45, 7) is 15.3. The summed E-state index contributed by atoms with van der Waals surface area (Å²) in [7, 11) is 1.81. The molecule has 0 unspecified atom stereocenters. The number of nitrogens with zero attached hydrogens (tertiary/aromatic N) is 2. The number of guanidine groups is 1. The quantitative estimate of drug-likeness (QED) is 0.334. The highest BCUT2D eigenvalue weighted by Gasteiger charge is 2.29. The van der Waals surface area contributed by atoms with Crippen molar-refractivity contribution in [2.24, 2.45) is 4.99 Å². The minimum absolute atomic E-state index is 0. The molecule has 0 aromatic heterocycles. The first-order chi connectivity index (χ1) is 13.8. The van der Waals surface area contributed by atoms with Gasteiger partial charge in [-0.1, -0.05) is 19.9 Å². The molecule has 1 fully saturated rings. The van der Waals surface area contributed by atoms with E-state index in [2.05, 4.69) is 60.4 Å². The van der Waals surface area contributed by atoms with E-state index in [0.29, 0.717) is 13.2 Å².